The van der Waals surface area contributed by atoms with Gasteiger partial charge in [-0.3, -0.25) is 4.79 Å². The molecule has 4 aromatic rings. The third-order valence-corrected chi connectivity index (χ3v) is 4.64. The van der Waals surface area contributed by atoms with Gasteiger partial charge in [-0.25, -0.2) is 9.97 Å². The topological polar surface area (TPSA) is 86.3 Å². The van der Waals surface area contributed by atoms with Gasteiger partial charge in [-0.2, -0.15) is 0 Å². The first-order chi connectivity index (χ1) is 14.2. The lowest BCUT2D eigenvalue weighted by molar-refractivity contribution is 0.104. The molecule has 0 fully saturated rings. The van der Waals surface area contributed by atoms with Crippen LogP contribution in [-0.2, 0) is 0 Å². The van der Waals surface area contributed by atoms with Crippen LogP contribution in [0.3, 0.4) is 0 Å². The predicted molar refractivity (Wildman–Crippen MR) is 109 cm³/mol. The van der Waals surface area contributed by atoms with Crippen molar-refractivity contribution in [2.45, 2.75) is 0 Å². The minimum Gasteiger partial charge on any atom is -0.496 e. The van der Waals surface area contributed by atoms with Crippen molar-refractivity contribution in [3.8, 4) is 28.5 Å². The Labute approximate surface area is 167 Å². The van der Waals surface area contributed by atoms with Crippen molar-refractivity contribution in [2.75, 3.05) is 21.3 Å². The van der Waals surface area contributed by atoms with E-state index in [-0.39, 0.29) is 5.78 Å². The molecule has 0 spiro atoms. The van der Waals surface area contributed by atoms with E-state index in [0.717, 1.165) is 0 Å². The number of H-pyrrole nitrogens is 1. The molecular formula is C22H19N3O4. The van der Waals surface area contributed by atoms with E-state index >= 15 is 0 Å². The van der Waals surface area contributed by atoms with Crippen LogP contribution in [0.25, 0.3) is 22.4 Å². The number of methoxy groups -OCH3 is 3. The zero-order chi connectivity index (χ0) is 20.4. The molecule has 0 radical (unpaired) electrons. The van der Waals surface area contributed by atoms with Crippen LogP contribution in [-0.4, -0.2) is 42.1 Å². The Balaban J connectivity index is 1.85. The van der Waals surface area contributed by atoms with E-state index in [0.29, 0.717) is 50.8 Å². The van der Waals surface area contributed by atoms with E-state index in [9.17, 15) is 4.79 Å². The smallest absolute Gasteiger partial charge is 0.196 e. The summed E-state index contributed by atoms with van der Waals surface area (Å²) >= 11 is 0. The third-order valence-electron chi connectivity index (χ3n) is 4.64. The van der Waals surface area contributed by atoms with E-state index < -0.39 is 0 Å². The van der Waals surface area contributed by atoms with Crippen LogP contribution in [0.4, 0.5) is 0 Å². The summed E-state index contributed by atoms with van der Waals surface area (Å²) in [5, 5.41) is 0. The number of hydrogen-bond donors (Lipinski definition) is 1. The lowest BCUT2D eigenvalue weighted by Gasteiger charge is -2.13. The first kappa shape index (κ1) is 18.5. The molecule has 146 valence electrons. The summed E-state index contributed by atoms with van der Waals surface area (Å²) in [6.07, 6.45) is 3.26. The number of aromatic nitrogens is 3. The van der Waals surface area contributed by atoms with Crippen molar-refractivity contribution >= 4 is 16.9 Å². The first-order valence-electron chi connectivity index (χ1n) is 8.90. The number of nitrogens with zero attached hydrogens (tertiary/aromatic N) is 2. The zero-order valence-electron chi connectivity index (χ0n) is 16.2. The maximum Gasteiger partial charge on any atom is 0.196 e. The zero-order valence-corrected chi connectivity index (χ0v) is 16.2. The van der Waals surface area contributed by atoms with E-state index in [2.05, 4.69) is 9.97 Å². The quantitative estimate of drug-likeness (QED) is 0.504. The number of rotatable bonds is 6. The molecule has 2 heterocycles. The van der Waals surface area contributed by atoms with E-state index in [1.807, 2.05) is 18.2 Å². The van der Waals surface area contributed by atoms with E-state index in [1.54, 1.807) is 58.0 Å². The maximum absolute atomic E-state index is 12.9. The van der Waals surface area contributed by atoms with Gasteiger partial charge < -0.3 is 19.2 Å². The number of aromatic amines is 1. The molecular weight excluding hydrogens is 370 g/mol. The average molecular weight is 389 g/mol. The molecule has 7 heteroatoms. The molecule has 0 bridgehead atoms. The second kappa shape index (κ2) is 7.63. The number of nitrogens with one attached hydrogen (secondary N) is 1. The van der Waals surface area contributed by atoms with E-state index in [4.69, 9.17) is 19.2 Å². The number of ether oxygens (including phenoxy) is 3. The minimum absolute atomic E-state index is 0.123. The van der Waals surface area contributed by atoms with Crippen molar-refractivity contribution in [2.24, 2.45) is 0 Å². The molecule has 1 N–H and O–H groups in total. The molecule has 7 nitrogen and oxygen atoms in total. The third kappa shape index (κ3) is 3.27. The Morgan fingerprint density at radius 3 is 2.31 bits per heavy atom. The van der Waals surface area contributed by atoms with Gasteiger partial charge >= 0.3 is 0 Å². The molecule has 0 aliphatic carbocycles. The van der Waals surface area contributed by atoms with Gasteiger partial charge in [0, 0.05) is 23.4 Å². The number of ketones is 1. The monoisotopic (exact) mass is 389 g/mol. The number of carbonyl (C=O) groups is 1. The van der Waals surface area contributed by atoms with Crippen molar-refractivity contribution in [3.05, 3.63) is 66.0 Å². The summed E-state index contributed by atoms with van der Waals surface area (Å²) in [6.45, 7) is 0. The van der Waals surface area contributed by atoms with Crippen LogP contribution in [0, 0.1) is 0 Å². The molecule has 0 atom stereocenters. The fourth-order valence-electron chi connectivity index (χ4n) is 3.17. The van der Waals surface area contributed by atoms with Crippen LogP contribution in [0.5, 0.6) is 17.2 Å². The van der Waals surface area contributed by atoms with Crippen LogP contribution in [0.2, 0.25) is 0 Å². The van der Waals surface area contributed by atoms with Gasteiger partial charge in [0.1, 0.15) is 11.3 Å². The SMILES string of the molecule is COc1cc(OC)c(-c2cnc3[nH]cc(C(=O)c4ccccc4)c3n2)cc1OC. The highest BCUT2D eigenvalue weighted by Crippen LogP contribution is 2.39. The second-order valence-corrected chi connectivity index (χ2v) is 6.26. The average Bonchev–Trinajstić information content (AvgIpc) is 3.21. The predicted octanol–water partition coefficient (Wildman–Crippen LogP) is 3.88. The molecule has 2 aromatic carbocycles. The van der Waals surface area contributed by atoms with Crippen LogP contribution >= 0.6 is 0 Å². The number of fused-ring (bicyclic) bond motifs is 1. The summed E-state index contributed by atoms with van der Waals surface area (Å²) in [5.74, 6) is 1.52. The van der Waals surface area contributed by atoms with Gasteiger partial charge in [-0.1, -0.05) is 30.3 Å². The number of carbonyl (C=O) groups excluding carboxylic acids is 1. The second-order valence-electron chi connectivity index (χ2n) is 6.26. The highest BCUT2D eigenvalue weighted by molar-refractivity contribution is 6.15. The summed E-state index contributed by atoms with van der Waals surface area (Å²) in [6, 6.07) is 12.6. The Morgan fingerprint density at radius 1 is 0.931 bits per heavy atom. The highest BCUT2D eigenvalue weighted by atomic mass is 16.5. The van der Waals surface area contributed by atoms with Gasteiger partial charge in [-0.05, 0) is 6.07 Å². The summed E-state index contributed by atoms with van der Waals surface area (Å²) in [7, 11) is 4.69. The molecule has 29 heavy (non-hydrogen) atoms. The molecule has 0 aliphatic rings. The van der Waals surface area contributed by atoms with Crippen LogP contribution < -0.4 is 14.2 Å². The van der Waals surface area contributed by atoms with Crippen LogP contribution in [0.1, 0.15) is 15.9 Å². The minimum atomic E-state index is -0.123. The fraction of sp³-hybridized carbons (Fsp3) is 0.136. The van der Waals surface area contributed by atoms with Gasteiger partial charge in [-0.15, -0.1) is 0 Å². The Kier molecular flexibility index (Phi) is 4.87. The molecule has 4 rings (SSSR count). The maximum atomic E-state index is 12.9. The molecule has 0 saturated carbocycles. The molecule has 0 amide bonds. The van der Waals surface area contributed by atoms with Crippen molar-refractivity contribution in [1.82, 2.24) is 15.0 Å². The normalized spacial score (nSPS) is 10.7. The highest BCUT2D eigenvalue weighted by Gasteiger charge is 2.19. The van der Waals surface area contributed by atoms with Gasteiger partial charge in [0.2, 0.25) is 0 Å². The summed E-state index contributed by atoms with van der Waals surface area (Å²) in [5.41, 5.74) is 3.31. The summed E-state index contributed by atoms with van der Waals surface area (Å²) in [4.78, 5) is 25.1. The van der Waals surface area contributed by atoms with E-state index in [1.165, 1.54) is 0 Å². The standard InChI is InChI=1S/C22H19N3O4/c1-27-17-10-19(29-3)18(28-2)9-14(17)16-12-24-22-20(25-16)15(11-23-22)21(26)13-7-5-4-6-8-13/h4-12H,1-3H3,(H,23,24). The van der Waals surface area contributed by atoms with Gasteiger partial charge in [0.25, 0.3) is 0 Å². The van der Waals surface area contributed by atoms with Crippen molar-refractivity contribution in [1.29, 1.82) is 0 Å². The summed E-state index contributed by atoms with van der Waals surface area (Å²) < 4.78 is 16.2. The molecule has 0 aliphatic heterocycles. The van der Waals surface area contributed by atoms with Crippen molar-refractivity contribution in [3.63, 3.8) is 0 Å². The molecule has 0 unspecified atom stereocenters. The van der Waals surface area contributed by atoms with Gasteiger partial charge in [0.05, 0.1) is 38.8 Å². The number of hydrogen-bond acceptors (Lipinski definition) is 6. The van der Waals surface area contributed by atoms with Crippen LogP contribution in [0.15, 0.2) is 54.9 Å². The Bertz CT molecular complexity index is 1190. The van der Waals surface area contributed by atoms with Crippen molar-refractivity contribution < 1.29 is 19.0 Å². The lowest BCUT2D eigenvalue weighted by atomic mass is 10.1. The Hall–Kier alpha value is -3.87. The fourth-order valence-corrected chi connectivity index (χ4v) is 3.17. The largest absolute Gasteiger partial charge is 0.496 e. The number of benzene rings is 2. The van der Waals surface area contributed by atoms with Gasteiger partial charge in [0.15, 0.2) is 22.9 Å². The molecule has 0 saturated heterocycles. The lowest BCUT2D eigenvalue weighted by Crippen LogP contribution is -2.01. The molecule has 2 aromatic heterocycles. The Morgan fingerprint density at radius 2 is 1.62 bits per heavy atom. The first-order valence-corrected chi connectivity index (χ1v) is 8.90.